The molecule has 2 aromatic rings. The van der Waals surface area contributed by atoms with E-state index in [2.05, 4.69) is 30.4 Å². The Balaban J connectivity index is 2.66. The molecule has 2 rings (SSSR count). The second-order valence-electron chi connectivity index (χ2n) is 3.46. The van der Waals surface area contributed by atoms with Crippen LogP contribution in [0.2, 0.25) is 0 Å². The van der Waals surface area contributed by atoms with Crippen LogP contribution in [-0.4, -0.2) is 5.11 Å². The van der Waals surface area contributed by atoms with Gasteiger partial charge in [-0.15, -0.1) is 0 Å². The smallest absolute Gasteiger partial charge is 0.168 e. The summed E-state index contributed by atoms with van der Waals surface area (Å²) in [5.41, 5.74) is 7.68. The topological polar surface area (TPSA) is 38.0 Å². The van der Waals surface area contributed by atoms with Crippen molar-refractivity contribution in [1.29, 1.82) is 0 Å². The second kappa shape index (κ2) is 3.87. The molecular formula is C12H12N2S. The third-order valence-electron chi connectivity index (χ3n) is 2.40. The van der Waals surface area contributed by atoms with E-state index < -0.39 is 0 Å². The SMILES string of the molecule is Cc1ccc(NC(N)=S)c2ccccc12. The molecule has 3 N–H and O–H groups in total. The van der Waals surface area contributed by atoms with Crippen molar-refractivity contribution in [3.63, 3.8) is 0 Å². The maximum absolute atomic E-state index is 5.47. The quantitative estimate of drug-likeness (QED) is 0.720. The van der Waals surface area contributed by atoms with Crippen LogP contribution in [0.3, 0.4) is 0 Å². The zero-order chi connectivity index (χ0) is 10.8. The molecule has 0 radical (unpaired) electrons. The standard InChI is InChI=1S/C12H12N2S/c1-8-6-7-11(14-12(13)15)10-5-3-2-4-9(8)10/h2-7H,1H3,(H3,13,14,15). The Labute approximate surface area is 94.1 Å². The Kier molecular flexibility index (Phi) is 2.56. The lowest BCUT2D eigenvalue weighted by molar-refractivity contribution is 1.52. The van der Waals surface area contributed by atoms with Crippen molar-refractivity contribution < 1.29 is 0 Å². The van der Waals surface area contributed by atoms with Crippen molar-refractivity contribution in [2.24, 2.45) is 5.73 Å². The fourth-order valence-electron chi connectivity index (χ4n) is 1.69. The molecule has 15 heavy (non-hydrogen) atoms. The van der Waals surface area contributed by atoms with E-state index in [1.165, 1.54) is 10.9 Å². The fourth-order valence-corrected chi connectivity index (χ4v) is 1.80. The van der Waals surface area contributed by atoms with Crippen LogP contribution in [0.4, 0.5) is 5.69 Å². The second-order valence-corrected chi connectivity index (χ2v) is 3.90. The number of hydrogen-bond donors (Lipinski definition) is 2. The molecule has 0 bridgehead atoms. The van der Waals surface area contributed by atoms with Gasteiger partial charge in [-0.25, -0.2) is 0 Å². The van der Waals surface area contributed by atoms with Crippen molar-refractivity contribution in [2.75, 3.05) is 5.32 Å². The van der Waals surface area contributed by atoms with Gasteiger partial charge < -0.3 is 11.1 Å². The van der Waals surface area contributed by atoms with Gasteiger partial charge in [-0.1, -0.05) is 30.3 Å². The van der Waals surface area contributed by atoms with Gasteiger partial charge >= 0.3 is 0 Å². The van der Waals surface area contributed by atoms with Crippen molar-refractivity contribution in [3.8, 4) is 0 Å². The molecule has 0 aromatic heterocycles. The van der Waals surface area contributed by atoms with E-state index in [1.54, 1.807) is 0 Å². The summed E-state index contributed by atoms with van der Waals surface area (Å²) in [7, 11) is 0. The molecule has 0 heterocycles. The van der Waals surface area contributed by atoms with Crippen LogP contribution in [0.25, 0.3) is 10.8 Å². The number of fused-ring (bicyclic) bond motifs is 1. The average molecular weight is 216 g/mol. The Morgan fingerprint density at radius 3 is 2.47 bits per heavy atom. The van der Waals surface area contributed by atoms with E-state index in [-0.39, 0.29) is 0 Å². The lowest BCUT2D eigenvalue weighted by Crippen LogP contribution is -2.19. The average Bonchev–Trinajstić information content (AvgIpc) is 2.22. The van der Waals surface area contributed by atoms with E-state index in [9.17, 15) is 0 Å². The molecule has 0 atom stereocenters. The zero-order valence-corrected chi connectivity index (χ0v) is 9.27. The van der Waals surface area contributed by atoms with Crippen molar-refractivity contribution in [2.45, 2.75) is 6.92 Å². The van der Waals surface area contributed by atoms with Crippen molar-refractivity contribution >= 4 is 33.8 Å². The summed E-state index contributed by atoms with van der Waals surface area (Å²) in [5, 5.41) is 5.64. The maximum Gasteiger partial charge on any atom is 0.168 e. The maximum atomic E-state index is 5.47. The Morgan fingerprint density at radius 2 is 1.80 bits per heavy atom. The van der Waals surface area contributed by atoms with Gasteiger partial charge in [0.15, 0.2) is 5.11 Å². The molecule has 0 aliphatic heterocycles. The molecule has 0 amide bonds. The highest BCUT2D eigenvalue weighted by atomic mass is 32.1. The van der Waals surface area contributed by atoms with Crippen molar-refractivity contribution in [1.82, 2.24) is 0 Å². The first-order valence-corrected chi connectivity index (χ1v) is 5.14. The molecule has 0 fully saturated rings. The Bertz CT molecular complexity index is 520. The van der Waals surface area contributed by atoms with Gasteiger partial charge in [0.05, 0.1) is 0 Å². The minimum atomic E-state index is 0.295. The van der Waals surface area contributed by atoms with E-state index in [4.69, 9.17) is 18.0 Å². The molecule has 0 aliphatic rings. The van der Waals surface area contributed by atoms with E-state index >= 15 is 0 Å². The summed E-state index contributed by atoms with van der Waals surface area (Å²) < 4.78 is 0. The van der Waals surface area contributed by atoms with Gasteiger partial charge in [0, 0.05) is 11.1 Å². The van der Waals surface area contributed by atoms with Gasteiger partial charge in [-0.05, 0) is 36.2 Å². The van der Waals surface area contributed by atoms with Gasteiger partial charge in [-0.2, -0.15) is 0 Å². The van der Waals surface area contributed by atoms with Crippen LogP contribution in [0, 0.1) is 6.92 Å². The predicted octanol–water partition coefficient (Wildman–Crippen LogP) is 2.80. The third-order valence-corrected chi connectivity index (χ3v) is 2.50. The number of nitrogens with one attached hydrogen (secondary N) is 1. The molecule has 0 saturated heterocycles. The summed E-state index contributed by atoms with van der Waals surface area (Å²) in [5.74, 6) is 0. The molecule has 0 unspecified atom stereocenters. The summed E-state index contributed by atoms with van der Waals surface area (Å²) in [4.78, 5) is 0. The molecule has 0 spiro atoms. The lowest BCUT2D eigenvalue weighted by atomic mass is 10.0. The number of anilines is 1. The highest BCUT2D eigenvalue weighted by Gasteiger charge is 2.02. The van der Waals surface area contributed by atoms with Gasteiger partial charge in [-0.3, -0.25) is 0 Å². The normalized spacial score (nSPS) is 10.2. The van der Waals surface area contributed by atoms with Crippen LogP contribution in [-0.2, 0) is 0 Å². The molecule has 0 saturated carbocycles. The minimum absolute atomic E-state index is 0.295. The number of rotatable bonds is 1. The lowest BCUT2D eigenvalue weighted by Gasteiger charge is -2.09. The van der Waals surface area contributed by atoms with Gasteiger partial charge in [0.25, 0.3) is 0 Å². The number of nitrogens with two attached hydrogens (primary N) is 1. The molecule has 2 nitrogen and oxygen atoms in total. The highest BCUT2D eigenvalue weighted by molar-refractivity contribution is 7.80. The Hall–Kier alpha value is -1.61. The van der Waals surface area contributed by atoms with Crippen LogP contribution in [0.15, 0.2) is 36.4 Å². The largest absolute Gasteiger partial charge is 0.376 e. The number of thiocarbonyl (C=S) groups is 1. The molecule has 3 heteroatoms. The number of aryl methyl sites for hydroxylation is 1. The van der Waals surface area contributed by atoms with E-state index in [0.717, 1.165) is 11.1 Å². The van der Waals surface area contributed by atoms with Crippen LogP contribution < -0.4 is 11.1 Å². The summed E-state index contributed by atoms with van der Waals surface area (Å²) >= 11 is 4.84. The van der Waals surface area contributed by atoms with Crippen LogP contribution in [0.5, 0.6) is 0 Å². The van der Waals surface area contributed by atoms with Crippen LogP contribution >= 0.6 is 12.2 Å². The molecule has 76 valence electrons. The van der Waals surface area contributed by atoms with E-state index in [1.807, 2.05) is 18.2 Å². The zero-order valence-electron chi connectivity index (χ0n) is 8.45. The molecule has 2 aromatic carbocycles. The highest BCUT2D eigenvalue weighted by Crippen LogP contribution is 2.25. The first-order chi connectivity index (χ1) is 7.18. The summed E-state index contributed by atoms with van der Waals surface area (Å²) in [6, 6.07) is 12.2. The van der Waals surface area contributed by atoms with Crippen LogP contribution in [0.1, 0.15) is 5.56 Å². The predicted molar refractivity (Wildman–Crippen MR) is 69.1 cm³/mol. The number of hydrogen-bond acceptors (Lipinski definition) is 1. The van der Waals surface area contributed by atoms with Crippen molar-refractivity contribution in [3.05, 3.63) is 42.0 Å². The third kappa shape index (κ3) is 1.92. The van der Waals surface area contributed by atoms with Gasteiger partial charge in [0.1, 0.15) is 0 Å². The van der Waals surface area contributed by atoms with E-state index in [0.29, 0.717) is 5.11 Å². The number of benzene rings is 2. The molecular weight excluding hydrogens is 204 g/mol. The van der Waals surface area contributed by atoms with Gasteiger partial charge in [0.2, 0.25) is 0 Å². The fraction of sp³-hybridized carbons (Fsp3) is 0.0833. The summed E-state index contributed by atoms with van der Waals surface area (Å²) in [6.07, 6.45) is 0. The Morgan fingerprint density at radius 1 is 1.13 bits per heavy atom. The molecule has 0 aliphatic carbocycles. The summed E-state index contributed by atoms with van der Waals surface area (Å²) in [6.45, 7) is 2.09. The first-order valence-electron chi connectivity index (χ1n) is 4.73. The first kappa shape index (κ1) is 9.93. The monoisotopic (exact) mass is 216 g/mol. The minimum Gasteiger partial charge on any atom is -0.376 e.